The molecule has 0 unspecified atom stereocenters. The van der Waals surface area contributed by atoms with Gasteiger partial charge in [-0.25, -0.2) is 4.98 Å². The van der Waals surface area contributed by atoms with Crippen molar-refractivity contribution in [1.82, 2.24) is 4.98 Å². The number of methoxy groups -OCH3 is 2. The summed E-state index contributed by atoms with van der Waals surface area (Å²) in [5.41, 5.74) is 1.68. The van der Waals surface area contributed by atoms with Gasteiger partial charge in [0, 0.05) is 0 Å². The second-order valence-corrected chi connectivity index (χ2v) is 2.17. The molecule has 0 fully saturated rings. The molecule has 0 saturated carbocycles. The van der Waals surface area contributed by atoms with E-state index in [9.17, 15) is 0 Å². The SMILES string of the molecule is COc1ncsc1OC. The van der Waals surface area contributed by atoms with Crippen LogP contribution in [-0.2, 0) is 0 Å². The molecule has 50 valence electrons. The minimum absolute atomic E-state index is 0.558. The molecule has 0 amide bonds. The highest BCUT2D eigenvalue weighted by Crippen LogP contribution is 2.28. The average molecular weight is 145 g/mol. The second-order valence-electron chi connectivity index (χ2n) is 1.35. The first-order valence-corrected chi connectivity index (χ1v) is 3.28. The van der Waals surface area contributed by atoms with Crippen LogP contribution in [0.3, 0.4) is 0 Å². The average Bonchev–Trinajstić information content (AvgIpc) is 2.33. The van der Waals surface area contributed by atoms with E-state index in [-0.39, 0.29) is 0 Å². The van der Waals surface area contributed by atoms with Gasteiger partial charge in [0.25, 0.3) is 5.88 Å². The molecule has 0 radical (unpaired) electrons. The molecule has 9 heavy (non-hydrogen) atoms. The maximum absolute atomic E-state index is 4.91. The zero-order valence-corrected chi connectivity index (χ0v) is 6.07. The standard InChI is InChI=1S/C5H7NO2S/c1-7-4-5(8-2)9-3-6-4/h3H,1-2H3. The number of ether oxygens (including phenoxy) is 2. The van der Waals surface area contributed by atoms with Gasteiger partial charge in [-0.05, 0) is 0 Å². The minimum atomic E-state index is 0.558. The lowest BCUT2D eigenvalue weighted by Gasteiger charge is -1.95. The van der Waals surface area contributed by atoms with Crippen LogP contribution < -0.4 is 9.47 Å². The summed E-state index contributed by atoms with van der Waals surface area (Å²) < 4.78 is 9.76. The van der Waals surface area contributed by atoms with Crippen molar-refractivity contribution in [2.24, 2.45) is 0 Å². The summed E-state index contributed by atoms with van der Waals surface area (Å²) in [6.07, 6.45) is 0. The van der Waals surface area contributed by atoms with E-state index in [4.69, 9.17) is 9.47 Å². The van der Waals surface area contributed by atoms with Gasteiger partial charge in [0.1, 0.15) is 0 Å². The van der Waals surface area contributed by atoms with Crippen LogP contribution in [0, 0.1) is 0 Å². The Morgan fingerprint density at radius 3 is 2.67 bits per heavy atom. The summed E-state index contributed by atoms with van der Waals surface area (Å²) in [7, 11) is 3.16. The van der Waals surface area contributed by atoms with Crippen molar-refractivity contribution in [2.45, 2.75) is 0 Å². The van der Waals surface area contributed by atoms with Crippen molar-refractivity contribution >= 4 is 11.3 Å². The van der Waals surface area contributed by atoms with Gasteiger partial charge in [-0.3, -0.25) is 0 Å². The molecule has 1 aromatic rings. The first kappa shape index (κ1) is 6.35. The third-order valence-corrected chi connectivity index (χ3v) is 1.65. The van der Waals surface area contributed by atoms with Crippen LogP contribution in [0.25, 0.3) is 0 Å². The Morgan fingerprint density at radius 1 is 1.44 bits per heavy atom. The van der Waals surface area contributed by atoms with E-state index >= 15 is 0 Å². The lowest BCUT2D eigenvalue weighted by atomic mass is 10.8. The van der Waals surface area contributed by atoms with E-state index in [2.05, 4.69) is 4.98 Å². The number of nitrogens with zero attached hydrogens (tertiary/aromatic N) is 1. The van der Waals surface area contributed by atoms with E-state index in [1.807, 2.05) is 0 Å². The Morgan fingerprint density at radius 2 is 2.22 bits per heavy atom. The number of hydrogen-bond donors (Lipinski definition) is 0. The fraction of sp³-hybridized carbons (Fsp3) is 0.400. The van der Waals surface area contributed by atoms with E-state index in [1.165, 1.54) is 11.3 Å². The number of thiazole rings is 1. The van der Waals surface area contributed by atoms with Gasteiger partial charge in [-0.15, -0.1) is 0 Å². The first-order chi connectivity index (χ1) is 4.38. The van der Waals surface area contributed by atoms with Crippen LogP contribution >= 0.6 is 11.3 Å². The maximum Gasteiger partial charge on any atom is 0.268 e. The van der Waals surface area contributed by atoms with Crippen LogP contribution in [-0.4, -0.2) is 19.2 Å². The van der Waals surface area contributed by atoms with Gasteiger partial charge >= 0.3 is 0 Å². The molecule has 1 aromatic heterocycles. The smallest absolute Gasteiger partial charge is 0.268 e. The van der Waals surface area contributed by atoms with Gasteiger partial charge in [0.2, 0.25) is 5.06 Å². The topological polar surface area (TPSA) is 31.4 Å². The van der Waals surface area contributed by atoms with Crippen LogP contribution in [0.15, 0.2) is 5.51 Å². The molecule has 3 nitrogen and oxygen atoms in total. The fourth-order valence-corrected chi connectivity index (χ4v) is 1.07. The van der Waals surface area contributed by atoms with E-state index < -0.39 is 0 Å². The third-order valence-electron chi connectivity index (χ3n) is 0.883. The molecule has 4 heteroatoms. The predicted octanol–water partition coefficient (Wildman–Crippen LogP) is 1.16. The van der Waals surface area contributed by atoms with E-state index in [0.717, 1.165) is 5.06 Å². The van der Waals surface area contributed by atoms with Crippen molar-refractivity contribution in [3.8, 4) is 10.9 Å². The summed E-state index contributed by atoms with van der Waals surface area (Å²) in [6.45, 7) is 0. The van der Waals surface area contributed by atoms with Crippen molar-refractivity contribution in [2.75, 3.05) is 14.2 Å². The lowest BCUT2D eigenvalue weighted by molar-refractivity contribution is 0.353. The number of aromatic nitrogens is 1. The molecule has 0 aliphatic rings. The highest BCUT2D eigenvalue weighted by Gasteiger charge is 2.03. The molecule has 0 aromatic carbocycles. The number of hydrogen-bond acceptors (Lipinski definition) is 4. The van der Waals surface area contributed by atoms with Crippen molar-refractivity contribution < 1.29 is 9.47 Å². The highest BCUT2D eigenvalue weighted by atomic mass is 32.1. The summed E-state index contributed by atoms with van der Waals surface area (Å²) in [5.74, 6) is 0.558. The molecule has 1 rings (SSSR count). The molecule has 0 bridgehead atoms. The Hall–Kier alpha value is -0.770. The molecule has 0 N–H and O–H groups in total. The molecule has 0 aliphatic heterocycles. The van der Waals surface area contributed by atoms with Gasteiger partial charge in [-0.2, -0.15) is 0 Å². The zero-order chi connectivity index (χ0) is 6.69. The van der Waals surface area contributed by atoms with Crippen molar-refractivity contribution in [1.29, 1.82) is 0 Å². The van der Waals surface area contributed by atoms with Crippen molar-refractivity contribution in [3.05, 3.63) is 5.51 Å². The quantitative estimate of drug-likeness (QED) is 0.625. The molecule has 0 saturated heterocycles. The minimum Gasteiger partial charge on any atom is -0.483 e. The monoisotopic (exact) mass is 145 g/mol. The molecule has 0 atom stereocenters. The largest absolute Gasteiger partial charge is 0.483 e. The molecule has 1 heterocycles. The molecular weight excluding hydrogens is 138 g/mol. The summed E-state index contributed by atoms with van der Waals surface area (Å²) >= 11 is 1.42. The van der Waals surface area contributed by atoms with Gasteiger partial charge in [-0.1, -0.05) is 11.3 Å². The molecule has 0 spiro atoms. The molecular formula is C5H7NO2S. The van der Waals surface area contributed by atoms with Crippen LogP contribution in [0.4, 0.5) is 0 Å². The van der Waals surface area contributed by atoms with E-state index in [1.54, 1.807) is 19.7 Å². The van der Waals surface area contributed by atoms with Crippen LogP contribution in [0.1, 0.15) is 0 Å². The summed E-state index contributed by atoms with van der Waals surface area (Å²) in [5, 5.41) is 0.720. The highest BCUT2D eigenvalue weighted by molar-refractivity contribution is 7.11. The lowest BCUT2D eigenvalue weighted by Crippen LogP contribution is -1.85. The van der Waals surface area contributed by atoms with Gasteiger partial charge in [0.15, 0.2) is 0 Å². The normalized spacial score (nSPS) is 9.11. The summed E-state index contributed by atoms with van der Waals surface area (Å²) in [6, 6.07) is 0. The fourth-order valence-electron chi connectivity index (χ4n) is 0.497. The number of rotatable bonds is 2. The van der Waals surface area contributed by atoms with Crippen molar-refractivity contribution in [3.63, 3.8) is 0 Å². The zero-order valence-electron chi connectivity index (χ0n) is 5.25. The predicted molar refractivity (Wildman–Crippen MR) is 35.2 cm³/mol. The Balaban J connectivity index is 2.85. The second kappa shape index (κ2) is 2.68. The van der Waals surface area contributed by atoms with Gasteiger partial charge in [0.05, 0.1) is 19.7 Å². The van der Waals surface area contributed by atoms with Crippen LogP contribution in [0.2, 0.25) is 0 Å². The maximum atomic E-state index is 4.91. The van der Waals surface area contributed by atoms with Crippen LogP contribution in [0.5, 0.6) is 10.9 Å². The van der Waals surface area contributed by atoms with Gasteiger partial charge < -0.3 is 9.47 Å². The van der Waals surface area contributed by atoms with E-state index in [0.29, 0.717) is 5.88 Å². The summed E-state index contributed by atoms with van der Waals surface area (Å²) in [4.78, 5) is 3.88. The molecule has 0 aliphatic carbocycles. The Kier molecular flexibility index (Phi) is 1.89. The third kappa shape index (κ3) is 1.13. The Bertz CT molecular complexity index is 168. The Labute approximate surface area is 57.2 Å². The first-order valence-electron chi connectivity index (χ1n) is 2.40.